The van der Waals surface area contributed by atoms with E-state index in [1.54, 1.807) is 6.20 Å². The molecule has 0 N–H and O–H groups in total. The summed E-state index contributed by atoms with van der Waals surface area (Å²) in [5.74, 6) is 0.867. The van der Waals surface area contributed by atoms with Crippen molar-refractivity contribution in [1.82, 2.24) is 4.98 Å². The average molecular weight is 303 g/mol. The van der Waals surface area contributed by atoms with Gasteiger partial charge in [0, 0.05) is 6.20 Å². The van der Waals surface area contributed by atoms with Crippen molar-refractivity contribution in [3.05, 3.63) is 18.3 Å². The number of hydrogen-bond acceptors (Lipinski definition) is 4. The zero-order chi connectivity index (χ0) is 15.8. The Labute approximate surface area is 133 Å². The van der Waals surface area contributed by atoms with E-state index in [1.165, 1.54) is 19.3 Å². The Kier molecular flexibility index (Phi) is 4.21. The van der Waals surface area contributed by atoms with E-state index in [9.17, 15) is 0 Å². The molecule has 22 heavy (non-hydrogen) atoms. The molecule has 0 radical (unpaired) electrons. The van der Waals surface area contributed by atoms with E-state index in [2.05, 4.69) is 32.7 Å². The summed E-state index contributed by atoms with van der Waals surface area (Å²) < 4.78 is 18.2. The van der Waals surface area contributed by atoms with Crippen LogP contribution in [0.4, 0.5) is 0 Å². The van der Waals surface area contributed by atoms with E-state index in [0.717, 1.165) is 24.2 Å². The Hall–Kier alpha value is -1.07. The van der Waals surface area contributed by atoms with Crippen LogP contribution in [0.1, 0.15) is 59.8 Å². The summed E-state index contributed by atoms with van der Waals surface area (Å²) in [6.07, 6.45) is 8.26. The van der Waals surface area contributed by atoms with Crippen LogP contribution in [0.3, 0.4) is 0 Å². The van der Waals surface area contributed by atoms with Crippen LogP contribution in [0.25, 0.3) is 0 Å². The van der Waals surface area contributed by atoms with Gasteiger partial charge in [0.1, 0.15) is 5.75 Å². The molecule has 2 fully saturated rings. The number of hydrogen-bond donors (Lipinski definition) is 0. The average Bonchev–Trinajstić information content (AvgIpc) is 2.69. The first-order valence-electron chi connectivity index (χ1n) is 8.36. The summed E-state index contributed by atoms with van der Waals surface area (Å²) >= 11 is 0. The highest BCUT2D eigenvalue weighted by atomic mass is 16.7. The lowest BCUT2D eigenvalue weighted by Crippen LogP contribution is -2.41. The molecule has 1 saturated heterocycles. The third-order valence-electron chi connectivity index (χ3n) is 5.10. The quantitative estimate of drug-likeness (QED) is 0.805. The molecule has 1 aliphatic heterocycles. The second kappa shape index (κ2) is 5.86. The number of rotatable bonds is 3. The second-order valence-electron chi connectivity index (χ2n) is 7.38. The van der Waals surface area contributed by atoms with Gasteiger partial charge in [0.25, 0.3) is 0 Å². The molecular weight excluding hydrogens is 277 g/mol. The molecule has 0 aromatic carbocycles. The first kappa shape index (κ1) is 15.8. The van der Waals surface area contributed by atoms with Gasteiger partial charge in [-0.1, -0.05) is 6.42 Å². The summed E-state index contributed by atoms with van der Waals surface area (Å²) in [4.78, 5) is 4.42. The Balaban J connectivity index is 1.72. The van der Waals surface area contributed by atoms with Gasteiger partial charge in [-0.2, -0.15) is 0 Å². The molecule has 1 saturated carbocycles. The van der Waals surface area contributed by atoms with Gasteiger partial charge in [-0.15, -0.1) is 0 Å². The first-order valence-corrected chi connectivity index (χ1v) is 8.36. The molecule has 0 bridgehead atoms. The highest BCUT2D eigenvalue weighted by molar-refractivity contribution is 6.61. The van der Waals surface area contributed by atoms with Crippen molar-refractivity contribution in [3.63, 3.8) is 0 Å². The number of aromatic nitrogens is 1. The fourth-order valence-corrected chi connectivity index (χ4v) is 2.97. The largest absolute Gasteiger partial charge is 0.514 e. The lowest BCUT2D eigenvalue weighted by Gasteiger charge is -2.32. The molecule has 1 aliphatic carbocycles. The minimum atomic E-state index is -0.431. The van der Waals surface area contributed by atoms with Crippen LogP contribution in [0, 0.1) is 0 Å². The van der Waals surface area contributed by atoms with Crippen molar-refractivity contribution in [1.29, 1.82) is 0 Å². The summed E-state index contributed by atoms with van der Waals surface area (Å²) in [5, 5.41) is 0. The molecule has 4 nitrogen and oxygen atoms in total. The van der Waals surface area contributed by atoms with E-state index in [4.69, 9.17) is 14.0 Å². The van der Waals surface area contributed by atoms with E-state index in [1.807, 2.05) is 12.1 Å². The maximum Gasteiger partial charge on any atom is 0.514 e. The molecule has 3 rings (SSSR count). The smallest absolute Gasteiger partial charge is 0.490 e. The third-order valence-corrected chi connectivity index (χ3v) is 5.10. The lowest BCUT2D eigenvalue weighted by atomic mass is 9.84. The Morgan fingerprint density at radius 1 is 1.09 bits per heavy atom. The van der Waals surface area contributed by atoms with Crippen molar-refractivity contribution in [2.45, 2.75) is 77.1 Å². The minimum absolute atomic E-state index is 0.335. The van der Waals surface area contributed by atoms with Crippen molar-refractivity contribution >= 4 is 12.7 Å². The molecule has 0 unspecified atom stereocenters. The standard InChI is InChI=1S/C17H26BNO3/c1-16(2)17(3,4)22-18(21-16)15-12-14(10-11-19-15)20-13-8-6-5-7-9-13/h10-13H,5-9H2,1-4H3. The maximum absolute atomic E-state index is 6.11. The van der Waals surface area contributed by atoms with Gasteiger partial charge in [0.2, 0.25) is 0 Å². The zero-order valence-corrected chi connectivity index (χ0v) is 14.1. The second-order valence-corrected chi connectivity index (χ2v) is 7.38. The van der Waals surface area contributed by atoms with E-state index in [-0.39, 0.29) is 11.2 Å². The highest BCUT2D eigenvalue weighted by Crippen LogP contribution is 2.36. The minimum Gasteiger partial charge on any atom is -0.490 e. The Morgan fingerprint density at radius 3 is 2.36 bits per heavy atom. The van der Waals surface area contributed by atoms with Crippen molar-refractivity contribution in [2.24, 2.45) is 0 Å². The van der Waals surface area contributed by atoms with Gasteiger partial charge in [-0.05, 0) is 65.5 Å². The summed E-state index contributed by atoms with van der Waals surface area (Å²) in [7, 11) is -0.431. The van der Waals surface area contributed by atoms with Crippen LogP contribution in [0.5, 0.6) is 5.75 Å². The summed E-state index contributed by atoms with van der Waals surface area (Å²) in [6, 6.07) is 3.88. The normalized spacial score (nSPS) is 24.5. The summed E-state index contributed by atoms with van der Waals surface area (Å²) in [5.41, 5.74) is 0.0889. The van der Waals surface area contributed by atoms with E-state index in [0.29, 0.717) is 6.10 Å². The number of ether oxygens (including phenoxy) is 1. The fourth-order valence-electron chi connectivity index (χ4n) is 2.97. The van der Waals surface area contributed by atoms with Crippen molar-refractivity contribution in [2.75, 3.05) is 0 Å². The molecule has 2 heterocycles. The molecule has 1 aromatic rings. The van der Waals surface area contributed by atoms with Crippen molar-refractivity contribution in [3.8, 4) is 5.75 Å². The third kappa shape index (κ3) is 3.16. The molecule has 5 heteroatoms. The van der Waals surface area contributed by atoms with Gasteiger partial charge in [0.05, 0.1) is 22.9 Å². The molecule has 1 aromatic heterocycles. The molecule has 0 spiro atoms. The monoisotopic (exact) mass is 303 g/mol. The Bertz CT molecular complexity index is 510. The topological polar surface area (TPSA) is 40.6 Å². The van der Waals surface area contributed by atoms with Gasteiger partial charge in [0.15, 0.2) is 0 Å². The van der Waals surface area contributed by atoms with Gasteiger partial charge < -0.3 is 14.0 Å². The molecule has 0 atom stereocenters. The van der Waals surface area contributed by atoms with Crippen LogP contribution in [-0.2, 0) is 9.31 Å². The van der Waals surface area contributed by atoms with Crippen molar-refractivity contribution < 1.29 is 14.0 Å². The molecular formula is C17H26BNO3. The van der Waals surface area contributed by atoms with E-state index < -0.39 is 7.12 Å². The van der Waals surface area contributed by atoms with Gasteiger partial charge in [-0.25, -0.2) is 0 Å². The molecule has 2 aliphatic rings. The zero-order valence-electron chi connectivity index (χ0n) is 14.1. The van der Waals surface area contributed by atoms with Crippen LogP contribution in [0.15, 0.2) is 18.3 Å². The van der Waals surface area contributed by atoms with Crippen LogP contribution < -0.4 is 10.3 Å². The predicted octanol–water partition coefficient (Wildman–Crippen LogP) is 3.09. The highest BCUT2D eigenvalue weighted by Gasteiger charge is 2.52. The van der Waals surface area contributed by atoms with Crippen LogP contribution >= 0.6 is 0 Å². The lowest BCUT2D eigenvalue weighted by molar-refractivity contribution is 0.00578. The summed E-state index contributed by atoms with van der Waals surface area (Å²) in [6.45, 7) is 8.20. The van der Waals surface area contributed by atoms with Crippen LogP contribution in [-0.4, -0.2) is 29.4 Å². The van der Waals surface area contributed by atoms with Crippen LogP contribution in [0.2, 0.25) is 0 Å². The van der Waals surface area contributed by atoms with Gasteiger partial charge >= 0.3 is 7.12 Å². The Morgan fingerprint density at radius 2 is 1.73 bits per heavy atom. The molecule has 0 amide bonds. The predicted molar refractivity (Wildman–Crippen MR) is 87.5 cm³/mol. The fraction of sp³-hybridized carbons (Fsp3) is 0.706. The number of nitrogens with zero attached hydrogens (tertiary/aromatic N) is 1. The first-order chi connectivity index (χ1) is 10.4. The maximum atomic E-state index is 6.11. The SMILES string of the molecule is CC1(C)OB(c2cc(OC3CCCCC3)ccn2)OC1(C)C. The number of pyridine rings is 1. The van der Waals surface area contributed by atoms with Gasteiger partial charge in [-0.3, -0.25) is 4.98 Å². The van der Waals surface area contributed by atoms with E-state index >= 15 is 0 Å². The molecule has 120 valence electrons.